The minimum atomic E-state index is -4.94. The lowest BCUT2D eigenvalue weighted by Gasteiger charge is -2.21. The fourth-order valence-corrected chi connectivity index (χ4v) is 12.2. The highest BCUT2D eigenvalue weighted by molar-refractivity contribution is 7.47. The molecule has 101 heavy (non-hydrogen) atoms. The van der Waals surface area contributed by atoms with Crippen molar-refractivity contribution in [3.63, 3.8) is 0 Å². The molecule has 0 aromatic rings. The van der Waals surface area contributed by atoms with Crippen LogP contribution in [-0.2, 0) is 55.8 Å². The normalized spacial score (nSPS) is 14.6. The molecule has 4 N–H and O–H groups in total. The lowest BCUT2D eigenvalue weighted by Crippen LogP contribution is -2.30. The van der Waals surface area contributed by atoms with Crippen LogP contribution in [0.3, 0.4) is 0 Å². The summed E-state index contributed by atoms with van der Waals surface area (Å²) in [4.78, 5) is 58.5. The summed E-state index contributed by atoms with van der Waals surface area (Å²) in [5.74, 6) is -1.62. The van der Waals surface area contributed by atoms with Crippen LogP contribution in [0.15, 0.2) is 122 Å². The number of ether oxygens (including phenoxy) is 3. The Balaban J connectivity index is 4.42. The van der Waals surface area contributed by atoms with Crippen LogP contribution < -0.4 is 0 Å². The third-order valence-corrected chi connectivity index (χ3v) is 18.5. The van der Waals surface area contributed by atoms with Crippen LogP contribution in [0.1, 0.15) is 329 Å². The first-order valence-corrected chi connectivity index (χ1v) is 42.8. The molecule has 0 amide bonds. The maximum absolute atomic E-state index is 12.9. The maximum Gasteiger partial charge on any atom is 0.472 e. The number of aliphatic hydroxyl groups is 2. The smallest absolute Gasteiger partial charge is 0.463 e. The summed E-state index contributed by atoms with van der Waals surface area (Å²) in [5, 5.41) is 20.6. The summed E-state index contributed by atoms with van der Waals surface area (Å²) in [6.07, 6.45) is 89.8. The van der Waals surface area contributed by atoms with Crippen LogP contribution in [-0.4, -0.2) is 95.9 Å². The molecule has 5 atom stereocenters. The molecule has 0 radical (unpaired) electrons. The second-order valence-corrected chi connectivity index (χ2v) is 29.4. The number of phosphoric ester groups is 2. The summed E-state index contributed by atoms with van der Waals surface area (Å²) in [6.45, 7) is 2.49. The molecular formula is C83H144O16P2. The molecule has 0 saturated heterocycles. The predicted molar refractivity (Wildman–Crippen MR) is 417 cm³/mol. The van der Waals surface area contributed by atoms with Crippen LogP contribution in [0.25, 0.3) is 0 Å². The van der Waals surface area contributed by atoms with E-state index in [1.54, 1.807) is 0 Å². The molecular weight excluding hydrogens is 1310 g/mol. The third kappa shape index (κ3) is 76.9. The Bertz CT molecular complexity index is 2320. The molecule has 0 bridgehead atoms. The average Bonchev–Trinajstić information content (AvgIpc) is 0.964. The van der Waals surface area contributed by atoms with Crippen molar-refractivity contribution in [1.29, 1.82) is 0 Å². The van der Waals surface area contributed by atoms with Gasteiger partial charge in [-0.15, -0.1) is 0 Å². The molecule has 0 aromatic carbocycles. The van der Waals surface area contributed by atoms with E-state index in [1.807, 2.05) is 0 Å². The molecule has 0 spiro atoms. The van der Waals surface area contributed by atoms with E-state index in [9.17, 15) is 43.5 Å². The fraction of sp³-hybridized carbons (Fsp3) is 0.723. The van der Waals surface area contributed by atoms with Gasteiger partial charge < -0.3 is 34.2 Å². The molecule has 0 fully saturated rings. The number of esters is 3. The van der Waals surface area contributed by atoms with Gasteiger partial charge in [0.2, 0.25) is 0 Å². The van der Waals surface area contributed by atoms with Crippen molar-refractivity contribution >= 4 is 33.6 Å². The number of hydrogen-bond acceptors (Lipinski definition) is 14. The van der Waals surface area contributed by atoms with Crippen LogP contribution in [0, 0.1) is 0 Å². The first-order valence-electron chi connectivity index (χ1n) is 39.8. The van der Waals surface area contributed by atoms with E-state index in [1.165, 1.54) is 141 Å². The molecule has 18 heteroatoms. The molecule has 0 rings (SSSR count). The van der Waals surface area contributed by atoms with Crippen molar-refractivity contribution in [1.82, 2.24) is 0 Å². The topological polar surface area (TPSA) is 231 Å². The quantitative estimate of drug-likeness (QED) is 0.0146. The number of carbonyl (C=O) groups excluding carboxylic acids is 3. The van der Waals surface area contributed by atoms with Gasteiger partial charge in [-0.1, -0.05) is 296 Å². The van der Waals surface area contributed by atoms with Crippen LogP contribution in [0.5, 0.6) is 0 Å². The highest BCUT2D eigenvalue weighted by Gasteiger charge is 2.29. The number of rotatable bonds is 75. The summed E-state index contributed by atoms with van der Waals surface area (Å²) in [7, 11) is -9.80. The number of phosphoric acid groups is 2. The number of carbonyl (C=O) groups is 3. The van der Waals surface area contributed by atoms with Gasteiger partial charge in [-0.3, -0.25) is 32.5 Å². The number of aliphatic hydroxyl groups excluding tert-OH is 2. The Kier molecular flexibility index (Phi) is 72.6. The van der Waals surface area contributed by atoms with Crippen molar-refractivity contribution in [2.45, 2.75) is 347 Å². The molecule has 0 aliphatic rings. The Morgan fingerprint density at radius 1 is 0.287 bits per heavy atom. The SMILES string of the molecule is CC/C=C\C/C=C\C/C=C\C/C=C\C/C=C\CCCCCC(=O)OCC(COP(=O)(O)OCC(O)COP(=O)(O)OCC(O)COC(=O)CCCCCCCCCCCCCCCCCCC/C=C\C/C=C\C/C=C\C/C=C\CCCCC)OC(=O)CCCCCCC/C=C\CCCCCC. The van der Waals surface area contributed by atoms with Gasteiger partial charge >= 0.3 is 33.6 Å². The lowest BCUT2D eigenvalue weighted by atomic mass is 10.0. The lowest BCUT2D eigenvalue weighted by molar-refractivity contribution is -0.161. The highest BCUT2D eigenvalue weighted by Crippen LogP contribution is 2.45. The van der Waals surface area contributed by atoms with Crippen LogP contribution in [0.4, 0.5) is 0 Å². The van der Waals surface area contributed by atoms with E-state index in [0.717, 1.165) is 128 Å². The van der Waals surface area contributed by atoms with Crippen molar-refractivity contribution in [3.05, 3.63) is 122 Å². The average molecular weight is 1460 g/mol. The monoisotopic (exact) mass is 1460 g/mol. The molecule has 582 valence electrons. The van der Waals surface area contributed by atoms with Gasteiger partial charge in [0.05, 0.1) is 26.4 Å². The zero-order valence-electron chi connectivity index (χ0n) is 63.5. The number of allylic oxidation sites excluding steroid dienone is 20. The molecule has 0 aliphatic heterocycles. The number of unbranched alkanes of at least 4 members (excludes halogenated alkanes) is 32. The van der Waals surface area contributed by atoms with Crippen molar-refractivity contribution < 1.29 is 75.8 Å². The Labute approximate surface area is 614 Å². The van der Waals surface area contributed by atoms with E-state index in [-0.39, 0.29) is 19.3 Å². The van der Waals surface area contributed by atoms with E-state index >= 15 is 0 Å². The summed E-state index contributed by atoms with van der Waals surface area (Å²) >= 11 is 0. The minimum absolute atomic E-state index is 0.0853. The molecule has 5 unspecified atom stereocenters. The van der Waals surface area contributed by atoms with Crippen LogP contribution >= 0.6 is 15.6 Å². The Hall–Kier alpha value is -4.05. The van der Waals surface area contributed by atoms with Crippen molar-refractivity contribution in [2.24, 2.45) is 0 Å². The van der Waals surface area contributed by atoms with Crippen molar-refractivity contribution in [3.8, 4) is 0 Å². The van der Waals surface area contributed by atoms with E-state index < -0.39 is 91.5 Å². The van der Waals surface area contributed by atoms with E-state index in [0.29, 0.717) is 19.3 Å². The molecule has 0 heterocycles. The highest BCUT2D eigenvalue weighted by atomic mass is 31.2. The van der Waals surface area contributed by atoms with Gasteiger partial charge in [0.25, 0.3) is 0 Å². The minimum Gasteiger partial charge on any atom is -0.463 e. The second-order valence-electron chi connectivity index (χ2n) is 26.5. The molecule has 0 saturated carbocycles. The van der Waals surface area contributed by atoms with Gasteiger partial charge in [0.1, 0.15) is 25.4 Å². The van der Waals surface area contributed by atoms with Gasteiger partial charge in [0, 0.05) is 19.3 Å². The zero-order valence-corrected chi connectivity index (χ0v) is 65.3. The van der Waals surface area contributed by atoms with E-state index in [4.69, 9.17) is 32.3 Å². The Morgan fingerprint density at radius 3 is 0.871 bits per heavy atom. The van der Waals surface area contributed by atoms with Gasteiger partial charge in [-0.05, 0) is 135 Å². The second kappa shape index (κ2) is 75.6. The first kappa shape index (κ1) is 97.0. The molecule has 0 aromatic heterocycles. The predicted octanol–water partition coefficient (Wildman–Crippen LogP) is 23.3. The van der Waals surface area contributed by atoms with Gasteiger partial charge in [-0.2, -0.15) is 0 Å². The molecule has 0 aliphatic carbocycles. The first-order chi connectivity index (χ1) is 49.2. The summed E-state index contributed by atoms with van der Waals surface area (Å²) in [6, 6.07) is 0. The summed E-state index contributed by atoms with van der Waals surface area (Å²) in [5.41, 5.74) is 0. The van der Waals surface area contributed by atoms with Crippen LogP contribution in [0.2, 0.25) is 0 Å². The fourth-order valence-electron chi connectivity index (χ4n) is 10.6. The standard InChI is InChI=1S/C83H144O16P2/c1-4-7-10-13-16-19-22-25-27-29-31-32-33-34-35-36-37-38-39-40-41-42-43-44-46-48-49-52-54-57-60-63-66-69-81(86)93-72-78(84)73-95-100(89,90)96-74-79(85)75-97-101(91,92)98-77-80(99-83(88)71-68-65-62-59-56-51-24-21-18-15-12-9-6-3)76-94-82(87)70-67-64-61-58-55-53-50-47-45-30-28-26-23-20-17-14-11-8-5-2/h8,11,16-17,19-21,24-28,31-32,34-35,45,47,53,55,78-80,84-85H,4-7,9-10,12-15,18,22-23,29-30,33,36-44,46,48-52,54,56-77H2,1-3H3,(H,89,90)(H,91,92)/b11-8-,19-16-,20-17-,24-21-,27-25-,28-26-,32-31-,35-34-,47-45-,55-53-. The molecule has 16 nitrogen and oxygen atoms in total. The zero-order chi connectivity index (χ0) is 73.7. The van der Waals surface area contributed by atoms with Crippen molar-refractivity contribution in [2.75, 3.05) is 39.6 Å². The number of hydrogen-bond donors (Lipinski definition) is 4. The summed E-state index contributed by atoms with van der Waals surface area (Å²) < 4.78 is 61.0. The van der Waals surface area contributed by atoms with Gasteiger partial charge in [0.15, 0.2) is 6.10 Å². The van der Waals surface area contributed by atoms with E-state index in [2.05, 4.69) is 142 Å². The van der Waals surface area contributed by atoms with Gasteiger partial charge in [-0.25, -0.2) is 9.13 Å². The Morgan fingerprint density at radius 2 is 0.525 bits per heavy atom. The largest absolute Gasteiger partial charge is 0.472 e. The third-order valence-electron chi connectivity index (χ3n) is 16.6. The maximum atomic E-state index is 12.9.